The normalized spacial score (nSPS) is 20.5. The highest BCUT2D eigenvalue weighted by Gasteiger charge is 2.28. The summed E-state index contributed by atoms with van der Waals surface area (Å²) in [6.45, 7) is 4.15. The fraction of sp³-hybridized carbons (Fsp3) is 0.500. The molecule has 1 aromatic carbocycles. The van der Waals surface area contributed by atoms with Crippen molar-refractivity contribution in [1.82, 2.24) is 5.32 Å². The van der Waals surface area contributed by atoms with Crippen LogP contribution in [0.5, 0.6) is 11.5 Å². The Bertz CT molecular complexity index is 452. The molecule has 1 N–H and O–H groups in total. The maximum Gasteiger partial charge on any atom is 0.264 e. The Labute approximate surface area is 118 Å². The molecule has 0 aromatic heterocycles. The van der Waals surface area contributed by atoms with Crippen molar-refractivity contribution in [3.63, 3.8) is 0 Å². The van der Waals surface area contributed by atoms with Crippen LogP contribution >= 0.6 is 11.6 Å². The van der Waals surface area contributed by atoms with E-state index in [4.69, 9.17) is 21.1 Å². The van der Waals surface area contributed by atoms with Crippen molar-refractivity contribution in [2.75, 3.05) is 12.5 Å². The number of alkyl halides is 1. The highest BCUT2D eigenvalue weighted by molar-refractivity contribution is 6.18. The number of amides is 1. The summed E-state index contributed by atoms with van der Waals surface area (Å²) < 4.78 is 11.2. The van der Waals surface area contributed by atoms with Crippen LogP contribution in [0.1, 0.15) is 13.8 Å². The Kier molecular flexibility index (Phi) is 4.53. The number of para-hydroxylation sites is 2. The first kappa shape index (κ1) is 14.0. The second-order valence-corrected chi connectivity index (χ2v) is 5.10. The van der Waals surface area contributed by atoms with E-state index in [0.717, 1.165) is 0 Å². The molecule has 3 unspecified atom stereocenters. The van der Waals surface area contributed by atoms with Crippen molar-refractivity contribution in [3.05, 3.63) is 24.3 Å². The van der Waals surface area contributed by atoms with E-state index in [1.165, 1.54) is 0 Å². The second kappa shape index (κ2) is 6.15. The highest BCUT2D eigenvalue weighted by atomic mass is 35.5. The molecule has 104 valence electrons. The number of hydrogen-bond donors (Lipinski definition) is 1. The summed E-state index contributed by atoms with van der Waals surface area (Å²) in [5, 5.41) is 2.90. The molecule has 2 rings (SSSR count). The third kappa shape index (κ3) is 3.32. The first-order valence-corrected chi connectivity index (χ1v) is 6.90. The lowest BCUT2D eigenvalue weighted by Gasteiger charge is -2.27. The molecule has 1 heterocycles. The molecule has 0 radical (unpaired) electrons. The predicted octanol–water partition coefficient (Wildman–Crippen LogP) is 2.21. The molecule has 0 spiro atoms. The van der Waals surface area contributed by atoms with Crippen LogP contribution < -0.4 is 14.8 Å². The molecule has 1 aliphatic rings. The average Bonchev–Trinajstić information content (AvgIpc) is 2.45. The summed E-state index contributed by atoms with van der Waals surface area (Å²) in [4.78, 5) is 12.1. The molecule has 5 heteroatoms. The van der Waals surface area contributed by atoms with Gasteiger partial charge in [0.1, 0.15) is 6.61 Å². The Morgan fingerprint density at radius 1 is 1.42 bits per heavy atom. The number of nitrogens with one attached hydrogen (secondary N) is 1. The van der Waals surface area contributed by atoms with Crippen molar-refractivity contribution >= 4 is 17.5 Å². The second-order valence-electron chi connectivity index (χ2n) is 4.79. The summed E-state index contributed by atoms with van der Waals surface area (Å²) in [6, 6.07) is 7.33. The van der Waals surface area contributed by atoms with Crippen LogP contribution in [0.15, 0.2) is 24.3 Å². The van der Waals surface area contributed by atoms with Gasteiger partial charge in [0.25, 0.3) is 5.91 Å². The van der Waals surface area contributed by atoms with Crippen molar-refractivity contribution in [2.45, 2.75) is 26.0 Å². The zero-order valence-electron chi connectivity index (χ0n) is 11.1. The summed E-state index contributed by atoms with van der Waals surface area (Å²) in [5.74, 6) is 1.83. The number of carbonyl (C=O) groups excluding carboxylic acids is 1. The van der Waals surface area contributed by atoms with Gasteiger partial charge in [-0.05, 0) is 25.0 Å². The van der Waals surface area contributed by atoms with Crippen LogP contribution in [0.25, 0.3) is 0 Å². The maximum absolute atomic E-state index is 12.1. The zero-order valence-corrected chi connectivity index (χ0v) is 11.8. The van der Waals surface area contributed by atoms with E-state index in [0.29, 0.717) is 17.4 Å². The highest BCUT2D eigenvalue weighted by Crippen LogP contribution is 2.30. The molecule has 0 saturated carbocycles. The maximum atomic E-state index is 12.1. The number of ether oxygens (including phenoxy) is 2. The Morgan fingerprint density at radius 3 is 2.79 bits per heavy atom. The topological polar surface area (TPSA) is 47.6 Å². The molecule has 0 aliphatic carbocycles. The van der Waals surface area contributed by atoms with E-state index in [-0.39, 0.29) is 24.5 Å². The quantitative estimate of drug-likeness (QED) is 0.862. The first-order chi connectivity index (χ1) is 9.11. The molecule has 1 aromatic rings. The van der Waals surface area contributed by atoms with E-state index in [2.05, 4.69) is 5.32 Å². The van der Waals surface area contributed by atoms with Crippen LogP contribution in [0, 0.1) is 5.92 Å². The Hall–Kier alpha value is -1.42. The molecular formula is C14H18ClNO3. The van der Waals surface area contributed by atoms with Gasteiger partial charge in [-0.25, -0.2) is 0 Å². The third-order valence-corrected chi connectivity index (χ3v) is 3.75. The molecule has 1 amide bonds. The fourth-order valence-electron chi connectivity index (χ4n) is 1.74. The van der Waals surface area contributed by atoms with Gasteiger partial charge in [-0.3, -0.25) is 4.79 Å². The lowest BCUT2D eigenvalue weighted by atomic mass is 10.1. The number of benzene rings is 1. The van der Waals surface area contributed by atoms with E-state index < -0.39 is 6.10 Å². The molecular weight excluding hydrogens is 266 g/mol. The largest absolute Gasteiger partial charge is 0.485 e. The van der Waals surface area contributed by atoms with Crippen LogP contribution in [0.3, 0.4) is 0 Å². The molecule has 0 fully saturated rings. The fourth-order valence-corrected chi connectivity index (χ4v) is 2.01. The minimum absolute atomic E-state index is 0.00534. The predicted molar refractivity (Wildman–Crippen MR) is 73.8 cm³/mol. The Morgan fingerprint density at radius 2 is 2.11 bits per heavy atom. The van der Waals surface area contributed by atoms with Gasteiger partial charge < -0.3 is 14.8 Å². The van der Waals surface area contributed by atoms with Gasteiger partial charge in [0.05, 0.1) is 0 Å². The van der Waals surface area contributed by atoms with Gasteiger partial charge in [-0.1, -0.05) is 19.1 Å². The van der Waals surface area contributed by atoms with Crippen molar-refractivity contribution in [1.29, 1.82) is 0 Å². The SMILES string of the molecule is CC(CCl)C(C)NC(=O)C1COc2ccccc2O1. The van der Waals surface area contributed by atoms with E-state index in [1.54, 1.807) is 6.07 Å². The lowest BCUT2D eigenvalue weighted by Crippen LogP contribution is -2.48. The molecule has 3 atom stereocenters. The number of hydrogen-bond acceptors (Lipinski definition) is 3. The van der Waals surface area contributed by atoms with Gasteiger partial charge in [-0.2, -0.15) is 0 Å². The smallest absolute Gasteiger partial charge is 0.264 e. The van der Waals surface area contributed by atoms with Gasteiger partial charge in [0.15, 0.2) is 11.5 Å². The van der Waals surface area contributed by atoms with Gasteiger partial charge in [0.2, 0.25) is 6.10 Å². The summed E-state index contributed by atoms with van der Waals surface area (Å²) in [7, 11) is 0. The molecule has 0 bridgehead atoms. The van der Waals surface area contributed by atoms with Crippen LogP contribution in [-0.4, -0.2) is 30.5 Å². The summed E-state index contributed by atoms with van der Waals surface area (Å²) >= 11 is 5.78. The van der Waals surface area contributed by atoms with E-state index in [9.17, 15) is 4.79 Å². The number of rotatable bonds is 4. The van der Waals surface area contributed by atoms with E-state index in [1.807, 2.05) is 32.0 Å². The summed E-state index contributed by atoms with van der Waals surface area (Å²) in [6.07, 6.45) is -0.611. The Balaban J connectivity index is 1.95. The molecule has 4 nitrogen and oxygen atoms in total. The van der Waals surface area contributed by atoms with Crippen molar-refractivity contribution < 1.29 is 14.3 Å². The van der Waals surface area contributed by atoms with Crippen molar-refractivity contribution in [3.8, 4) is 11.5 Å². The van der Waals surface area contributed by atoms with Gasteiger partial charge in [-0.15, -0.1) is 11.6 Å². The average molecular weight is 284 g/mol. The van der Waals surface area contributed by atoms with Crippen LogP contribution in [-0.2, 0) is 4.79 Å². The van der Waals surface area contributed by atoms with Crippen LogP contribution in [0.4, 0.5) is 0 Å². The number of halogens is 1. The standard InChI is InChI=1S/C14H18ClNO3/c1-9(7-15)10(2)16-14(17)13-8-18-11-5-3-4-6-12(11)19-13/h3-6,9-10,13H,7-8H2,1-2H3,(H,16,17). The zero-order chi connectivity index (χ0) is 13.8. The molecule has 19 heavy (non-hydrogen) atoms. The molecule has 1 aliphatic heterocycles. The third-order valence-electron chi connectivity index (χ3n) is 3.27. The number of carbonyl (C=O) groups is 1. The van der Waals surface area contributed by atoms with Crippen molar-refractivity contribution in [2.24, 2.45) is 5.92 Å². The van der Waals surface area contributed by atoms with Gasteiger partial charge >= 0.3 is 0 Å². The first-order valence-electron chi connectivity index (χ1n) is 6.36. The molecule has 0 saturated heterocycles. The number of fused-ring (bicyclic) bond motifs is 1. The van der Waals surface area contributed by atoms with E-state index >= 15 is 0 Å². The summed E-state index contributed by atoms with van der Waals surface area (Å²) in [5.41, 5.74) is 0. The minimum atomic E-state index is -0.611. The lowest BCUT2D eigenvalue weighted by molar-refractivity contribution is -0.131. The monoisotopic (exact) mass is 283 g/mol. The minimum Gasteiger partial charge on any atom is -0.485 e. The van der Waals surface area contributed by atoms with Crippen LogP contribution in [0.2, 0.25) is 0 Å². The van der Waals surface area contributed by atoms with Gasteiger partial charge in [0, 0.05) is 11.9 Å².